The molecule has 0 spiro atoms. The quantitative estimate of drug-likeness (QED) is 0.520. The molecule has 2 N–H and O–H groups in total. The first-order chi connectivity index (χ1) is 14.4. The second-order valence-electron chi connectivity index (χ2n) is 7.86. The van der Waals surface area contributed by atoms with Crippen LogP contribution in [0.15, 0.2) is 59.7 Å². The first-order valence-electron chi connectivity index (χ1n) is 9.96. The fraction of sp³-hybridized carbons (Fsp3) is 0.250. The SMILES string of the molecule is Cc1ccc(-c2csc(C3=C(O)CN(c4ccc(OCC(C)C)cc4)C3=N)n2)cc1. The average Bonchev–Trinajstić information content (AvgIpc) is 3.31. The zero-order valence-corrected chi connectivity index (χ0v) is 18.2. The molecule has 3 aromatic rings. The summed E-state index contributed by atoms with van der Waals surface area (Å²) in [6.07, 6.45) is 0. The standard InChI is InChI=1S/C24H25N3O2S/c1-15(2)13-29-19-10-8-18(9-11-19)27-12-21(28)22(23(27)25)24-26-20(14-30-24)17-6-4-16(3)5-7-17/h4-11,14-15,25,28H,12-13H2,1-3H3. The van der Waals surface area contributed by atoms with E-state index in [2.05, 4.69) is 37.9 Å². The Bertz CT molecular complexity index is 1080. The van der Waals surface area contributed by atoms with Crippen LogP contribution in [0.5, 0.6) is 5.75 Å². The van der Waals surface area contributed by atoms with Crippen molar-refractivity contribution in [2.75, 3.05) is 18.1 Å². The number of aliphatic hydroxyl groups excluding tert-OH is 1. The second-order valence-corrected chi connectivity index (χ2v) is 8.72. The molecule has 1 aliphatic heterocycles. The third kappa shape index (κ3) is 4.09. The molecule has 0 radical (unpaired) electrons. The number of aromatic nitrogens is 1. The Kier molecular flexibility index (Phi) is 5.59. The van der Waals surface area contributed by atoms with Crippen molar-refractivity contribution in [1.29, 1.82) is 5.41 Å². The minimum atomic E-state index is 0.171. The molecule has 0 unspecified atom stereocenters. The maximum absolute atomic E-state index is 10.6. The lowest BCUT2D eigenvalue weighted by atomic mass is 10.1. The van der Waals surface area contributed by atoms with Gasteiger partial charge in [0, 0.05) is 16.6 Å². The summed E-state index contributed by atoms with van der Waals surface area (Å²) in [7, 11) is 0. The van der Waals surface area contributed by atoms with Crippen LogP contribution in [0.25, 0.3) is 16.8 Å². The van der Waals surface area contributed by atoms with E-state index in [1.807, 2.05) is 41.8 Å². The molecule has 0 saturated heterocycles. The van der Waals surface area contributed by atoms with Crippen LogP contribution in [0.2, 0.25) is 0 Å². The van der Waals surface area contributed by atoms with E-state index in [0.717, 1.165) is 22.7 Å². The van der Waals surface area contributed by atoms with Crippen molar-refractivity contribution in [3.8, 4) is 17.0 Å². The van der Waals surface area contributed by atoms with Gasteiger partial charge in [-0.1, -0.05) is 43.7 Å². The van der Waals surface area contributed by atoms with Crippen LogP contribution >= 0.6 is 11.3 Å². The molecule has 4 rings (SSSR count). The normalized spacial score (nSPS) is 14.1. The summed E-state index contributed by atoms with van der Waals surface area (Å²) in [6, 6.07) is 15.8. The van der Waals surface area contributed by atoms with Gasteiger partial charge in [-0.3, -0.25) is 5.41 Å². The summed E-state index contributed by atoms with van der Waals surface area (Å²) in [5.74, 6) is 1.69. The van der Waals surface area contributed by atoms with Crippen LogP contribution < -0.4 is 9.64 Å². The minimum absolute atomic E-state index is 0.171. The molecule has 1 aliphatic rings. The zero-order valence-electron chi connectivity index (χ0n) is 17.3. The molecule has 0 aliphatic carbocycles. The van der Waals surface area contributed by atoms with Gasteiger partial charge < -0.3 is 14.7 Å². The number of ether oxygens (including phenoxy) is 1. The van der Waals surface area contributed by atoms with E-state index in [0.29, 0.717) is 23.1 Å². The third-order valence-corrected chi connectivity index (χ3v) is 5.76. The number of benzene rings is 2. The van der Waals surface area contributed by atoms with Crippen molar-refractivity contribution < 1.29 is 9.84 Å². The number of aryl methyl sites for hydroxylation is 1. The van der Waals surface area contributed by atoms with Crippen molar-refractivity contribution in [3.63, 3.8) is 0 Å². The molecular formula is C24H25N3O2S. The molecular weight excluding hydrogens is 394 g/mol. The predicted molar refractivity (Wildman–Crippen MR) is 124 cm³/mol. The van der Waals surface area contributed by atoms with E-state index in [4.69, 9.17) is 10.1 Å². The Morgan fingerprint density at radius 3 is 2.50 bits per heavy atom. The van der Waals surface area contributed by atoms with Crippen molar-refractivity contribution in [2.45, 2.75) is 20.8 Å². The first-order valence-corrected chi connectivity index (χ1v) is 10.8. The lowest BCUT2D eigenvalue weighted by Gasteiger charge is -2.19. The summed E-state index contributed by atoms with van der Waals surface area (Å²) >= 11 is 1.45. The van der Waals surface area contributed by atoms with E-state index >= 15 is 0 Å². The van der Waals surface area contributed by atoms with Gasteiger partial charge in [0.2, 0.25) is 0 Å². The van der Waals surface area contributed by atoms with Gasteiger partial charge >= 0.3 is 0 Å². The Morgan fingerprint density at radius 2 is 1.83 bits per heavy atom. The van der Waals surface area contributed by atoms with Crippen molar-refractivity contribution >= 4 is 28.4 Å². The number of anilines is 1. The molecule has 0 bridgehead atoms. The fourth-order valence-electron chi connectivity index (χ4n) is 3.26. The van der Waals surface area contributed by atoms with Crippen LogP contribution in [-0.2, 0) is 0 Å². The predicted octanol–water partition coefficient (Wildman–Crippen LogP) is 5.92. The van der Waals surface area contributed by atoms with E-state index in [-0.39, 0.29) is 18.1 Å². The van der Waals surface area contributed by atoms with Crippen LogP contribution in [0.4, 0.5) is 5.69 Å². The lowest BCUT2D eigenvalue weighted by molar-refractivity contribution is 0.271. The summed E-state index contributed by atoms with van der Waals surface area (Å²) in [5, 5.41) is 21.9. The largest absolute Gasteiger partial charge is 0.510 e. The highest BCUT2D eigenvalue weighted by molar-refractivity contribution is 7.11. The summed E-state index contributed by atoms with van der Waals surface area (Å²) in [5.41, 5.74) is 4.42. The van der Waals surface area contributed by atoms with Crippen LogP contribution in [0, 0.1) is 18.3 Å². The third-order valence-electron chi connectivity index (χ3n) is 4.90. The second kappa shape index (κ2) is 8.32. The van der Waals surface area contributed by atoms with Gasteiger partial charge in [-0.2, -0.15) is 0 Å². The summed E-state index contributed by atoms with van der Waals surface area (Å²) in [4.78, 5) is 6.47. The number of thiazole rings is 1. The number of rotatable bonds is 6. The molecule has 2 heterocycles. The first kappa shape index (κ1) is 20.2. The van der Waals surface area contributed by atoms with E-state index in [1.54, 1.807) is 4.90 Å². The Hall–Kier alpha value is -3.12. The lowest BCUT2D eigenvalue weighted by Crippen LogP contribution is -2.25. The van der Waals surface area contributed by atoms with Crippen molar-refractivity contribution in [2.24, 2.45) is 5.92 Å². The Labute approximate surface area is 180 Å². The minimum Gasteiger partial charge on any atom is -0.510 e. The molecule has 6 heteroatoms. The molecule has 0 atom stereocenters. The molecule has 0 fully saturated rings. The smallest absolute Gasteiger partial charge is 0.139 e. The topological polar surface area (TPSA) is 69.4 Å². The van der Waals surface area contributed by atoms with Gasteiger partial charge in [0.25, 0.3) is 0 Å². The van der Waals surface area contributed by atoms with Gasteiger partial charge in [0.05, 0.1) is 24.4 Å². The van der Waals surface area contributed by atoms with E-state index in [1.165, 1.54) is 16.9 Å². The molecule has 30 heavy (non-hydrogen) atoms. The molecule has 1 aromatic heterocycles. The number of nitrogens with one attached hydrogen (secondary N) is 1. The number of hydrogen-bond acceptors (Lipinski definition) is 5. The Balaban J connectivity index is 1.52. The van der Waals surface area contributed by atoms with Crippen molar-refractivity contribution in [1.82, 2.24) is 4.98 Å². The molecule has 2 aromatic carbocycles. The molecule has 0 saturated carbocycles. The van der Waals surface area contributed by atoms with Gasteiger partial charge in [-0.05, 0) is 37.1 Å². The number of amidine groups is 1. The molecule has 0 amide bonds. The van der Waals surface area contributed by atoms with Crippen LogP contribution in [0.3, 0.4) is 0 Å². The monoisotopic (exact) mass is 419 g/mol. The molecule has 154 valence electrons. The number of aliphatic hydroxyl groups is 1. The maximum atomic E-state index is 10.6. The number of nitrogens with zero attached hydrogens (tertiary/aromatic N) is 2. The highest BCUT2D eigenvalue weighted by atomic mass is 32.1. The number of hydrogen-bond donors (Lipinski definition) is 2. The van der Waals surface area contributed by atoms with E-state index < -0.39 is 0 Å². The fourth-order valence-corrected chi connectivity index (χ4v) is 4.15. The average molecular weight is 420 g/mol. The van der Waals surface area contributed by atoms with Crippen molar-refractivity contribution in [3.05, 3.63) is 70.2 Å². The van der Waals surface area contributed by atoms with E-state index in [9.17, 15) is 5.11 Å². The van der Waals surface area contributed by atoms with Crippen LogP contribution in [-0.4, -0.2) is 29.1 Å². The summed E-state index contributed by atoms with van der Waals surface area (Å²) in [6.45, 7) is 7.20. The molecule has 5 nitrogen and oxygen atoms in total. The highest BCUT2D eigenvalue weighted by Gasteiger charge is 2.31. The van der Waals surface area contributed by atoms with Gasteiger partial charge in [0.1, 0.15) is 22.4 Å². The van der Waals surface area contributed by atoms with Gasteiger partial charge in [0.15, 0.2) is 0 Å². The zero-order chi connectivity index (χ0) is 21.3. The van der Waals surface area contributed by atoms with Crippen LogP contribution in [0.1, 0.15) is 24.4 Å². The Morgan fingerprint density at radius 1 is 1.13 bits per heavy atom. The highest BCUT2D eigenvalue weighted by Crippen LogP contribution is 2.34. The summed E-state index contributed by atoms with van der Waals surface area (Å²) < 4.78 is 5.74. The maximum Gasteiger partial charge on any atom is 0.139 e. The van der Waals surface area contributed by atoms with Gasteiger partial charge in [-0.15, -0.1) is 11.3 Å². The van der Waals surface area contributed by atoms with Gasteiger partial charge in [-0.25, -0.2) is 4.98 Å².